The van der Waals surface area contributed by atoms with Crippen LogP contribution in [0.15, 0.2) is 29.3 Å². The highest BCUT2D eigenvalue weighted by Crippen LogP contribution is 2.22. The van der Waals surface area contributed by atoms with Crippen molar-refractivity contribution >= 4 is 29.9 Å². The minimum absolute atomic E-state index is 0. The van der Waals surface area contributed by atoms with Crippen LogP contribution in [0.3, 0.4) is 0 Å². The second-order valence-corrected chi connectivity index (χ2v) is 5.85. The van der Waals surface area contributed by atoms with Gasteiger partial charge < -0.3 is 20.1 Å². The third kappa shape index (κ3) is 8.79. The normalized spacial score (nSPS) is 11.8. The zero-order valence-electron chi connectivity index (χ0n) is 14.9. The average Bonchev–Trinajstić information content (AvgIpc) is 2.53. The van der Waals surface area contributed by atoms with Gasteiger partial charge in [-0.05, 0) is 17.7 Å². The van der Waals surface area contributed by atoms with Crippen LogP contribution in [0.2, 0.25) is 0 Å². The molecule has 0 aliphatic heterocycles. The van der Waals surface area contributed by atoms with Crippen LogP contribution in [0, 0.1) is 5.82 Å². The topological polar surface area (TPSA) is 54.9 Å². The van der Waals surface area contributed by atoms with Crippen molar-refractivity contribution in [1.82, 2.24) is 10.6 Å². The molecule has 138 valence electrons. The van der Waals surface area contributed by atoms with Crippen LogP contribution >= 0.6 is 24.0 Å². The molecule has 1 aromatic rings. The van der Waals surface area contributed by atoms with Crippen molar-refractivity contribution in [2.75, 3.05) is 47.1 Å². The number of hydrogen-bond donors (Lipinski definition) is 2. The summed E-state index contributed by atoms with van der Waals surface area (Å²) in [4.78, 5) is 4.18. The van der Waals surface area contributed by atoms with Crippen LogP contribution in [0.25, 0.3) is 0 Å². The molecular weight excluding hydrogens is 424 g/mol. The second kappa shape index (κ2) is 12.4. The van der Waals surface area contributed by atoms with E-state index >= 15 is 0 Å². The zero-order chi connectivity index (χ0) is 17.1. The van der Waals surface area contributed by atoms with E-state index in [0.717, 1.165) is 5.56 Å². The molecule has 7 heteroatoms. The second-order valence-electron chi connectivity index (χ2n) is 5.85. The van der Waals surface area contributed by atoms with Gasteiger partial charge in [0.15, 0.2) is 5.96 Å². The lowest BCUT2D eigenvalue weighted by atomic mass is 9.84. The predicted molar refractivity (Wildman–Crippen MR) is 107 cm³/mol. The van der Waals surface area contributed by atoms with Crippen molar-refractivity contribution in [2.24, 2.45) is 4.99 Å². The van der Waals surface area contributed by atoms with E-state index in [-0.39, 0.29) is 35.2 Å². The maximum Gasteiger partial charge on any atom is 0.191 e. The fraction of sp³-hybridized carbons (Fsp3) is 0.588. The Bertz CT molecular complexity index is 498. The Morgan fingerprint density at radius 3 is 2.58 bits per heavy atom. The Hall–Kier alpha value is -0.930. The molecule has 0 radical (unpaired) electrons. The van der Waals surface area contributed by atoms with Crippen molar-refractivity contribution < 1.29 is 13.9 Å². The van der Waals surface area contributed by atoms with E-state index in [1.54, 1.807) is 26.3 Å². The molecule has 0 unspecified atom stereocenters. The average molecular weight is 453 g/mol. The molecule has 0 aliphatic carbocycles. The molecule has 24 heavy (non-hydrogen) atoms. The van der Waals surface area contributed by atoms with Crippen molar-refractivity contribution in [3.05, 3.63) is 35.6 Å². The molecule has 5 nitrogen and oxygen atoms in total. The number of guanidine groups is 1. The van der Waals surface area contributed by atoms with Crippen LogP contribution in [0.1, 0.15) is 19.4 Å². The van der Waals surface area contributed by atoms with E-state index in [2.05, 4.69) is 29.5 Å². The molecule has 1 rings (SSSR count). The number of halogens is 2. The maximum absolute atomic E-state index is 13.4. The van der Waals surface area contributed by atoms with Crippen LogP contribution in [-0.4, -0.2) is 53.0 Å². The van der Waals surface area contributed by atoms with Crippen molar-refractivity contribution in [2.45, 2.75) is 19.3 Å². The fourth-order valence-corrected chi connectivity index (χ4v) is 2.02. The molecule has 0 saturated carbocycles. The minimum atomic E-state index is -0.216. The lowest BCUT2D eigenvalue weighted by Gasteiger charge is -2.26. The van der Waals surface area contributed by atoms with Crippen LogP contribution < -0.4 is 10.6 Å². The predicted octanol–water partition coefficient (Wildman–Crippen LogP) is 2.55. The van der Waals surface area contributed by atoms with E-state index in [4.69, 9.17) is 9.47 Å². The number of nitrogens with zero attached hydrogens (tertiary/aromatic N) is 1. The Balaban J connectivity index is 0.00000529. The standard InChI is InChI=1S/C17H28FN3O2.HI/c1-17(2,14-6-5-7-15(18)12-14)13-21-16(19-3)20-8-9-23-11-10-22-4;/h5-7,12H,8-11,13H2,1-4H3,(H2,19,20,21);1H. The number of benzene rings is 1. The van der Waals surface area contributed by atoms with Gasteiger partial charge in [0, 0.05) is 32.7 Å². The Morgan fingerprint density at radius 1 is 1.21 bits per heavy atom. The number of rotatable bonds is 9. The Morgan fingerprint density at radius 2 is 1.96 bits per heavy atom. The van der Waals surface area contributed by atoms with Gasteiger partial charge in [0.2, 0.25) is 0 Å². The smallest absolute Gasteiger partial charge is 0.191 e. The Labute approximate surface area is 161 Å². The van der Waals surface area contributed by atoms with Gasteiger partial charge in [-0.25, -0.2) is 4.39 Å². The number of aliphatic imine (C=N–C) groups is 1. The van der Waals surface area contributed by atoms with Gasteiger partial charge in [0.05, 0.1) is 19.8 Å². The maximum atomic E-state index is 13.4. The molecule has 0 heterocycles. The Kier molecular flexibility index (Phi) is 12.0. The van der Waals surface area contributed by atoms with Gasteiger partial charge in [-0.2, -0.15) is 0 Å². The first-order chi connectivity index (χ1) is 11.0. The summed E-state index contributed by atoms with van der Waals surface area (Å²) in [6.45, 7) is 7.18. The fourth-order valence-electron chi connectivity index (χ4n) is 2.02. The molecule has 1 aromatic carbocycles. The van der Waals surface area contributed by atoms with Crippen LogP contribution in [0.5, 0.6) is 0 Å². The molecule has 0 fully saturated rings. The van der Waals surface area contributed by atoms with Crippen molar-refractivity contribution in [3.63, 3.8) is 0 Å². The molecular formula is C17H29FIN3O2. The third-order valence-corrected chi connectivity index (χ3v) is 3.50. The summed E-state index contributed by atoms with van der Waals surface area (Å²) in [5, 5.41) is 6.45. The van der Waals surface area contributed by atoms with E-state index in [9.17, 15) is 4.39 Å². The molecule has 0 spiro atoms. The van der Waals surface area contributed by atoms with E-state index < -0.39 is 0 Å². The van der Waals surface area contributed by atoms with Gasteiger partial charge in [0.25, 0.3) is 0 Å². The molecule has 2 N–H and O–H groups in total. The molecule has 0 aromatic heterocycles. The summed E-state index contributed by atoms with van der Waals surface area (Å²) in [5.41, 5.74) is 0.734. The van der Waals surface area contributed by atoms with Crippen LogP contribution in [-0.2, 0) is 14.9 Å². The molecule has 0 saturated heterocycles. The lowest BCUT2D eigenvalue weighted by Crippen LogP contribution is -2.44. The number of methoxy groups -OCH3 is 1. The van der Waals surface area contributed by atoms with Gasteiger partial charge in [-0.15, -0.1) is 24.0 Å². The largest absolute Gasteiger partial charge is 0.382 e. The molecule has 0 amide bonds. The summed E-state index contributed by atoms with van der Waals surface area (Å²) in [6.07, 6.45) is 0. The number of nitrogens with one attached hydrogen (secondary N) is 2. The van der Waals surface area contributed by atoms with Gasteiger partial charge >= 0.3 is 0 Å². The van der Waals surface area contributed by atoms with E-state index in [1.165, 1.54) is 6.07 Å². The third-order valence-electron chi connectivity index (χ3n) is 3.50. The summed E-state index contributed by atoms with van der Waals surface area (Å²) in [7, 11) is 3.37. The number of hydrogen-bond acceptors (Lipinski definition) is 3. The highest BCUT2D eigenvalue weighted by atomic mass is 127. The molecule has 0 bridgehead atoms. The quantitative estimate of drug-likeness (QED) is 0.261. The summed E-state index contributed by atoms with van der Waals surface area (Å²) in [5.74, 6) is 0.483. The molecule has 0 atom stereocenters. The summed E-state index contributed by atoms with van der Waals surface area (Å²) >= 11 is 0. The van der Waals surface area contributed by atoms with Crippen molar-refractivity contribution in [3.8, 4) is 0 Å². The highest BCUT2D eigenvalue weighted by molar-refractivity contribution is 14.0. The highest BCUT2D eigenvalue weighted by Gasteiger charge is 2.21. The van der Waals surface area contributed by atoms with Crippen molar-refractivity contribution in [1.29, 1.82) is 0 Å². The van der Waals surface area contributed by atoms with E-state index in [0.29, 0.717) is 38.9 Å². The zero-order valence-corrected chi connectivity index (χ0v) is 17.2. The van der Waals surface area contributed by atoms with Gasteiger partial charge in [0.1, 0.15) is 5.82 Å². The van der Waals surface area contributed by atoms with Gasteiger partial charge in [-0.1, -0.05) is 26.0 Å². The summed E-state index contributed by atoms with van der Waals surface area (Å²) in [6, 6.07) is 6.69. The van der Waals surface area contributed by atoms with E-state index in [1.807, 2.05) is 6.07 Å². The first-order valence-electron chi connectivity index (χ1n) is 7.77. The molecule has 0 aliphatic rings. The SMILES string of the molecule is CN=C(NCCOCCOC)NCC(C)(C)c1cccc(F)c1.I. The lowest BCUT2D eigenvalue weighted by molar-refractivity contribution is 0.0733. The van der Waals surface area contributed by atoms with Crippen LogP contribution in [0.4, 0.5) is 4.39 Å². The first-order valence-corrected chi connectivity index (χ1v) is 7.77. The first kappa shape index (κ1) is 23.1. The summed E-state index contributed by atoms with van der Waals surface area (Å²) < 4.78 is 23.7. The van der Waals surface area contributed by atoms with Gasteiger partial charge in [-0.3, -0.25) is 4.99 Å². The number of ether oxygens (including phenoxy) is 2. The minimum Gasteiger partial charge on any atom is -0.382 e. The monoisotopic (exact) mass is 453 g/mol.